The Labute approximate surface area is 145 Å². The van der Waals surface area contributed by atoms with Crippen LogP contribution in [0.25, 0.3) is 0 Å². The van der Waals surface area contributed by atoms with E-state index in [0.29, 0.717) is 17.4 Å². The van der Waals surface area contributed by atoms with Gasteiger partial charge in [-0.1, -0.05) is 52.9 Å². The summed E-state index contributed by atoms with van der Waals surface area (Å²) in [6.45, 7) is 0.492. The minimum atomic E-state index is -0.119. The maximum Gasteiger partial charge on any atom is 0.235 e. The number of rotatable bonds is 6. The average molecular weight is 366 g/mol. The van der Waals surface area contributed by atoms with Crippen molar-refractivity contribution in [2.45, 2.75) is 10.9 Å². The molecule has 0 saturated heterocycles. The number of halogens is 1. The van der Waals surface area contributed by atoms with E-state index in [9.17, 15) is 4.79 Å². The molecule has 0 aliphatic carbocycles. The first-order valence-corrected chi connectivity index (χ1v) is 8.91. The monoisotopic (exact) mass is 365 g/mol. The molecule has 6 nitrogen and oxygen atoms in total. The second-order valence-corrected chi connectivity index (χ2v) is 6.97. The van der Waals surface area contributed by atoms with E-state index in [4.69, 9.17) is 11.6 Å². The first-order chi connectivity index (χ1) is 11.2. The number of aromatic nitrogens is 4. The average Bonchev–Trinajstić information content (AvgIpc) is 3.20. The minimum Gasteiger partial charge on any atom is -0.310 e. The van der Waals surface area contributed by atoms with E-state index in [0.717, 1.165) is 9.90 Å². The van der Waals surface area contributed by atoms with Gasteiger partial charge in [0.2, 0.25) is 5.91 Å². The van der Waals surface area contributed by atoms with Crippen molar-refractivity contribution in [1.82, 2.24) is 20.0 Å². The molecule has 1 aromatic carbocycles. The summed E-state index contributed by atoms with van der Waals surface area (Å²) in [5, 5.41) is 15.4. The zero-order chi connectivity index (χ0) is 16.1. The van der Waals surface area contributed by atoms with Gasteiger partial charge in [-0.05, 0) is 11.6 Å². The van der Waals surface area contributed by atoms with Crippen molar-refractivity contribution >= 4 is 46.4 Å². The normalized spacial score (nSPS) is 10.7. The van der Waals surface area contributed by atoms with Gasteiger partial charge in [-0.15, -0.1) is 10.2 Å². The highest BCUT2D eigenvalue weighted by Gasteiger charge is 2.10. The molecular weight excluding hydrogens is 354 g/mol. The van der Waals surface area contributed by atoms with Crippen LogP contribution in [0, 0.1) is 0 Å². The van der Waals surface area contributed by atoms with Gasteiger partial charge in [-0.25, -0.2) is 4.68 Å². The van der Waals surface area contributed by atoms with Crippen molar-refractivity contribution in [3.63, 3.8) is 0 Å². The molecule has 0 saturated carbocycles. The Morgan fingerprint density at radius 1 is 1.35 bits per heavy atom. The fraction of sp³-hybridized carbons (Fsp3) is 0.143. The Kier molecular flexibility index (Phi) is 5.27. The van der Waals surface area contributed by atoms with E-state index in [1.54, 1.807) is 22.5 Å². The van der Waals surface area contributed by atoms with Gasteiger partial charge in [-0.3, -0.25) is 4.79 Å². The third-order valence-corrected chi connectivity index (χ3v) is 5.16. The van der Waals surface area contributed by atoms with Crippen LogP contribution in [0.15, 0.2) is 46.4 Å². The van der Waals surface area contributed by atoms with Crippen LogP contribution in [0.4, 0.5) is 5.82 Å². The molecule has 0 fully saturated rings. The summed E-state index contributed by atoms with van der Waals surface area (Å²) in [4.78, 5) is 12.0. The van der Waals surface area contributed by atoms with Crippen LogP contribution in [-0.2, 0) is 11.3 Å². The summed E-state index contributed by atoms with van der Waals surface area (Å²) < 4.78 is 2.47. The summed E-state index contributed by atoms with van der Waals surface area (Å²) in [6, 6.07) is 9.31. The topological polar surface area (TPSA) is 72.7 Å². The molecule has 0 aliphatic rings. The summed E-state index contributed by atoms with van der Waals surface area (Å²) in [6.07, 6.45) is 1.64. The number of nitrogens with zero attached hydrogens (tertiary/aromatic N) is 4. The SMILES string of the molecule is O=C(CSc1nncs1)Nc1ccnn1Cc1ccccc1Cl. The third kappa shape index (κ3) is 4.31. The summed E-state index contributed by atoms with van der Waals surface area (Å²) in [5.74, 6) is 0.783. The van der Waals surface area contributed by atoms with Crippen LogP contribution in [0.1, 0.15) is 5.56 Å². The molecule has 0 aliphatic heterocycles. The molecule has 2 aromatic heterocycles. The van der Waals surface area contributed by atoms with Crippen molar-refractivity contribution in [1.29, 1.82) is 0 Å². The molecule has 118 valence electrons. The zero-order valence-corrected chi connectivity index (χ0v) is 14.2. The highest BCUT2D eigenvalue weighted by Crippen LogP contribution is 2.20. The Bertz CT molecular complexity index is 790. The van der Waals surface area contributed by atoms with Crippen LogP contribution >= 0.6 is 34.7 Å². The van der Waals surface area contributed by atoms with E-state index in [2.05, 4.69) is 20.6 Å². The highest BCUT2D eigenvalue weighted by molar-refractivity contribution is 8.01. The van der Waals surface area contributed by atoms with Gasteiger partial charge in [0.1, 0.15) is 11.3 Å². The summed E-state index contributed by atoms with van der Waals surface area (Å²) in [7, 11) is 0. The fourth-order valence-electron chi connectivity index (χ4n) is 1.88. The van der Waals surface area contributed by atoms with Crippen molar-refractivity contribution in [2.24, 2.45) is 0 Å². The lowest BCUT2D eigenvalue weighted by molar-refractivity contribution is -0.113. The number of benzene rings is 1. The molecule has 1 N–H and O–H groups in total. The number of carbonyl (C=O) groups is 1. The number of nitrogens with one attached hydrogen (secondary N) is 1. The molecule has 0 atom stereocenters. The molecule has 3 aromatic rings. The highest BCUT2D eigenvalue weighted by atomic mass is 35.5. The number of carbonyl (C=O) groups excluding carboxylic acids is 1. The van der Waals surface area contributed by atoms with Gasteiger partial charge < -0.3 is 5.32 Å². The standard InChI is InChI=1S/C14H12ClN5OS2/c15-11-4-2-1-3-10(11)7-20-12(5-6-17-20)18-13(21)8-22-14-19-16-9-23-14/h1-6,9H,7-8H2,(H,18,21). The molecule has 9 heteroatoms. The number of amides is 1. The number of anilines is 1. The van der Waals surface area contributed by atoms with Crippen molar-refractivity contribution in [3.05, 3.63) is 52.6 Å². The maximum absolute atomic E-state index is 12.0. The van der Waals surface area contributed by atoms with Crippen LogP contribution in [-0.4, -0.2) is 31.6 Å². The molecule has 0 radical (unpaired) electrons. The number of thioether (sulfide) groups is 1. The van der Waals surface area contributed by atoms with Gasteiger partial charge in [0.05, 0.1) is 18.5 Å². The Morgan fingerprint density at radius 3 is 3.00 bits per heavy atom. The largest absolute Gasteiger partial charge is 0.310 e. The lowest BCUT2D eigenvalue weighted by Gasteiger charge is -2.09. The van der Waals surface area contributed by atoms with Crippen LogP contribution in [0.3, 0.4) is 0 Å². The van der Waals surface area contributed by atoms with Gasteiger partial charge in [0.25, 0.3) is 0 Å². The zero-order valence-electron chi connectivity index (χ0n) is 11.8. The van der Waals surface area contributed by atoms with Crippen LogP contribution in [0.2, 0.25) is 5.02 Å². The lowest BCUT2D eigenvalue weighted by atomic mass is 10.2. The molecule has 1 amide bonds. The van der Waals surface area contributed by atoms with Gasteiger partial charge in [-0.2, -0.15) is 5.10 Å². The van der Waals surface area contributed by atoms with Gasteiger partial charge >= 0.3 is 0 Å². The molecule has 0 unspecified atom stereocenters. The quantitative estimate of drug-likeness (QED) is 0.679. The predicted molar refractivity (Wildman–Crippen MR) is 92.0 cm³/mol. The molecule has 2 heterocycles. The van der Waals surface area contributed by atoms with Crippen LogP contribution < -0.4 is 5.32 Å². The lowest BCUT2D eigenvalue weighted by Crippen LogP contribution is -2.17. The van der Waals surface area contributed by atoms with Gasteiger partial charge in [0.15, 0.2) is 4.34 Å². The Morgan fingerprint density at radius 2 is 2.22 bits per heavy atom. The Hall–Kier alpha value is -1.90. The molecule has 3 rings (SSSR count). The predicted octanol–water partition coefficient (Wildman–Crippen LogP) is 3.17. The van der Waals surface area contributed by atoms with E-state index >= 15 is 0 Å². The molecule has 0 bridgehead atoms. The van der Waals surface area contributed by atoms with E-state index in [-0.39, 0.29) is 11.7 Å². The fourth-order valence-corrected chi connectivity index (χ4v) is 3.37. The maximum atomic E-state index is 12.0. The minimum absolute atomic E-state index is 0.119. The van der Waals surface area contributed by atoms with Crippen LogP contribution in [0.5, 0.6) is 0 Å². The van der Waals surface area contributed by atoms with Crippen molar-refractivity contribution in [3.8, 4) is 0 Å². The van der Waals surface area contributed by atoms with E-state index in [1.165, 1.54) is 23.1 Å². The third-order valence-electron chi connectivity index (χ3n) is 2.93. The second-order valence-electron chi connectivity index (χ2n) is 4.51. The smallest absolute Gasteiger partial charge is 0.235 e. The van der Waals surface area contributed by atoms with E-state index in [1.807, 2.05) is 24.3 Å². The van der Waals surface area contributed by atoms with E-state index < -0.39 is 0 Å². The molecule has 23 heavy (non-hydrogen) atoms. The number of hydrogen-bond acceptors (Lipinski definition) is 6. The summed E-state index contributed by atoms with van der Waals surface area (Å²) in [5.41, 5.74) is 2.58. The van der Waals surface area contributed by atoms with Crippen molar-refractivity contribution < 1.29 is 4.79 Å². The van der Waals surface area contributed by atoms with Crippen molar-refractivity contribution in [2.75, 3.05) is 11.1 Å². The molecular formula is C14H12ClN5OS2. The Balaban J connectivity index is 1.62. The second kappa shape index (κ2) is 7.58. The first kappa shape index (κ1) is 16.0. The first-order valence-electron chi connectivity index (χ1n) is 6.66. The molecule has 0 spiro atoms. The van der Waals surface area contributed by atoms with Gasteiger partial charge in [0, 0.05) is 11.1 Å². The number of hydrogen-bond donors (Lipinski definition) is 1. The summed E-state index contributed by atoms with van der Waals surface area (Å²) >= 11 is 8.92.